The van der Waals surface area contributed by atoms with Crippen molar-refractivity contribution in [3.05, 3.63) is 23.9 Å². The highest BCUT2D eigenvalue weighted by Gasteiger charge is 2.32. The van der Waals surface area contributed by atoms with Crippen LogP contribution >= 0.6 is 0 Å². The molecule has 2 unspecified atom stereocenters. The Bertz CT molecular complexity index is 595. The Balaban J connectivity index is 1.99. The molecular weight excluding hydrogens is 290 g/mol. The summed E-state index contributed by atoms with van der Waals surface area (Å²) in [5.74, 6) is 0.469. The summed E-state index contributed by atoms with van der Waals surface area (Å²) in [6.45, 7) is 0. The number of Topliss-reactive ketones (excluding diaryl/α,β-unsaturated/α-hetero) is 1. The highest BCUT2D eigenvalue weighted by Crippen LogP contribution is 2.29. The van der Waals surface area contributed by atoms with Crippen LogP contribution in [0.2, 0.25) is 0 Å². The number of carbonyl (C=O) groups excluding carboxylic acids is 1. The molecule has 0 aromatic carbocycles. The smallest absolute Gasteiger partial charge is 0.212 e. The minimum atomic E-state index is -3.06. The van der Waals surface area contributed by atoms with Crippen LogP contribution in [0.25, 0.3) is 0 Å². The number of aromatic nitrogens is 1. The highest BCUT2D eigenvalue weighted by molar-refractivity contribution is 7.91. The van der Waals surface area contributed by atoms with E-state index in [2.05, 4.69) is 4.98 Å². The van der Waals surface area contributed by atoms with Crippen molar-refractivity contribution in [2.24, 2.45) is 5.92 Å². The van der Waals surface area contributed by atoms with E-state index < -0.39 is 9.84 Å². The zero-order chi connectivity index (χ0) is 15.5. The van der Waals surface area contributed by atoms with Gasteiger partial charge < -0.3 is 4.74 Å². The van der Waals surface area contributed by atoms with Crippen LogP contribution in [0.1, 0.15) is 31.2 Å². The summed E-state index contributed by atoms with van der Waals surface area (Å²) in [5.41, 5.74) is 0.835. The van der Waals surface area contributed by atoms with Crippen molar-refractivity contribution >= 4 is 15.6 Å². The molecule has 0 spiro atoms. The third kappa shape index (κ3) is 4.27. The number of sulfone groups is 1. The molecule has 1 aromatic rings. The largest absolute Gasteiger partial charge is 0.481 e. The molecule has 1 heterocycles. The summed E-state index contributed by atoms with van der Waals surface area (Å²) in [5, 5.41) is -0.366. The first-order chi connectivity index (χ1) is 9.90. The van der Waals surface area contributed by atoms with Gasteiger partial charge in [0.1, 0.15) is 15.6 Å². The number of hydrogen-bond acceptors (Lipinski definition) is 5. The highest BCUT2D eigenvalue weighted by atomic mass is 32.2. The molecule has 2 rings (SSSR count). The van der Waals surface area contributed by atoms with Gasteiger partial charge in [-0.3, -0.25) is 4.79 Å². The molecule has 21 heavy (non-hydrogen) atoms. The van der Waals surface area contributed by atoms with Gasteiger partial charge in [-0.1, -0.05) is 12.5 Å². The molecule has 0 amide bonds. The van der Waals surface area contributed by atoms with E-state index >= 15 is 0 Å². The van der Waals surface area contributed by atoms with Crippen molar-refractivity contribution in [2.75, 3.05) is 13.4 Å². The van der Waals surface area contributed by atoms with Crippen LogP contribution in [0.5, 0.6) is 5.88 Å². The molecule has 0 N–H and O–H groups in total. The summed E-state index contributed by atoms with van der Waals surface area (Å²) in [6.07, 6.45) is 5.92. The predicted molar refractivity (Wildman–Crippen MR) is 80.1 cm³/mol. The second kappa shape index (κ2) is 6.56. The van der Waals surface area contributed by atoms with Crippen LogP contribution < -0.4 is 4.74 Å². The van der Waals surface area contributed by atoms with Gasteiger partial charge in [0.05, 0.1) is 12.4 Å². The third-order valence-corrected chi connectivity index (χ3v) is 5.71. The normalized spacial score (nSPS) is 22.8. The van der Waals surface area contributed by atoms with Crippen LogP contribution in [0.3, 0.4) is 0 Å². The lowest BCUT2D eigenvalue weighted by atomic mass is 9.84. The maximum Gasteiger partial charge on any atom is 0.212 e. The van der Waals surface area contributed by atoms with E-state index in [9.17, 15) is 13.2 Å². The molecule has 1 aliphatic rings. The Morgan fingerprint density at radius 1 is 1.38 bits per heavy atom. The fraction of sp³-hybridized carbons (Fsp3) is 0.600. The fourth-order valence-corrected chi connectivity index (χ4v) is 3.98. The average molecular weight is 311 g/mol. The van der Waals surface area contributed by atoms with Gasteiger partial charge in [0, 0.05) is 30.9 Å². The SMILES string of the molecule is COc1ccc(CC(=O)C2CCCC(S(C)(=O)=O)C2)cn1. The maximum absolute atomic E-state index is 12.3. The minimum absolute atomic E-state index is 0.107. The molecule has 2 atom stereocenters. The quantitative estimate of drug-likeness (QED) is 0.829. The summed E-state index contributed by atoms with van der Waals surface area (Å²) >= 11 is 0. The van der Waals surface area contributed by atoms with Crippen molar-refractivity contribution in [1.29, 1.82) is 0 Å². The number of pyridine rings is 1. The van der Waals surface area contributed by atoms with E-state index in [0.717, 1.165) is 18.4 Å². The zero-order valence-electron chi connectivity index (χ0n) is 12.4. The molecule has 1 fully saturated rings. The Kier molecular flexibility index (Phi) is 4.98. The number of carbonyl (C=O) groups is 1. The first kappa shape index (κ1) is 15.9. The summed E-state index contributed by atoms with van der Waals surface area (Å²) < 4.78 is 28.3. The van der Waals surface area contributed by atoms with Crippen molar-refractivity contribution in [3.8, 4) is 5.88 Å². The van der Waals surface area contributed by atoms with E-state index in [0.29, 0.717) is 25.1 Å². The van der Waals surface area contributed by atoms with Crippen LogP contribution in [0.4, 0.5) is 0 Å². The lowest BCUT2D eigenvalue weighted by Gasteiger charge is -2.27. The molecule has 5 nitrogen and oxygen atoms in total. The van der Waals surface area contributed by atoms with Gasteiger partial charge in [0.15, 0.2) is 0 Å². The average Bonchev–Trinajstić information content (AvgIpc) is 2.47. The van der Waals surface area contributed by atoms with E-state index in [1.165, 1.54) is 6.26 Å². The molecule has 116 valence electrons. The van der Waals surface area contributed by atoms with Gasteiger partial charge in [0.2, 0.25) is 5.88 Å². The van der Waals surface area contributed by atoms with E-state index in [1.807, 2.05) is 6.07 Å². The summed E-state index contributed by atoms with van der Waals surface area (Å²) in [6, 6.07) is 3.55. The summed E-state index contributed by atoms with van der Waals surface area (Å²) in [7, 11) is -1.51. The lowest BCUT2D eigenvalue weighted by Crippen LogP contribution is -2.31. The van der Waals surface area contributed by atoms with Gasteiger partial charge >= 0.3 is 0 Å². The van der Waals surface area contributed by atoms with Gasteiger partial charge in [-0.15, -0.1) is 0 Å². The monoisotopic (exact) mass is 311 g/mol. The molecule has 0 bridgehead atoms. The molecule has 6 heteroatoms. The van der Waals surface area contributed by atoms with Crippen molar-refractivity contribution in [2.45, 2.75) is 37.4 Å². The van der Waals surface area contributed by atoms with Crippen LogP contribution in [0, 0.1) is 5.92 Å². The zero-order valence-corrected chi connectivity index (χ0v) is 13.2. The Morgan fingerprint density at radius 3 is 2.71 bits per heavy atom. The van der Waals surface area contributed by atoms with E-state index in [4.69, 9.17) is 4.74 Å². The Labute approximate surface area is 125 Å². The van der Waals surface area contributed by atoms with Gasteiger partial charge in [-0.25, -0.2) is 13.4 Å². The fourth-order valence-electron chi connectivity index (χ4n) is 2.81. The van der Waals surface area contributed by atoms with Crippen LogP contribution in [-0.4, -0.2) is 37.8 Å². The molecule has 0 aliphatic heterocycles. The summed E-state index contributed by atoms with van der Waals surface area (Å²) in [4.78, 5) is 16.4. The van der Waals surface area contributed by atoms with Crippen molar-refractivity contribution in [1.82, 2.24) is 4.98 Å². The first-order valence-corrected chi connectivity index (χ1v) is 9.06. The molecule has 1 saturated carbocycles. The maximum atomic E-state index is 12.3. The Morgan fingerprint density at radius 2 is 2.14 bits per heavy atom. The predicted octanol–water partition coefficient (Wildman–Crippen LogP) is 1.81. The Hall–Kier alpha value is -1.43. The molecule has 1 aliphatic carbocycles. The first-order valence-electron chi connectivity index (χ1n) is 7.10. The van der Waals surface area contributed by atoms with Crippen LogP contribution in [0.15, 0.2) is 18.3 Å². The van der Waals surface area contributed by atoms with Crippen LogP contribution in [-0.2, 0) is 21.1 Å². The van der Waals surface area contributed by atoms with E-state index in [-0.39, 0.29) is 17.0 Å². The number of methoxy groups -OCH3 is 1. The number of ketones is 1. The van der Waals surface area contributed by atoms with Crippen molar-refractivity contribution < 1.29 is 17.9 Å². The number of rotatable bonds is 5. The second-order valence-electron chi connectivity index (χ2n) is 5.67. The molecule has 0 saturated heterocycles. The number of ether oxygens (including phenoxy) is 1. The van der Waals surface area contributed by atoms with Gasteiger partial charge in [0.25, 0.3) is 0 Å². The molecular formula is C15H21NO4S. The number of hydrogen-bond donors (Lipinski definition) is 0. The topological polar surface area (TPSA) is 73.3 Å². The standard InChI is InChI=1S/C15H21NO4S/c1-20-15-7-6-11(10-16-15)8-14(17)12-4-3-5-13(9-12)21(2,18)19/h6-7,10,12-13H,3-5,8-9H2,1-2H3. The molecule has 1 aromatic heterocycles. The minimum Gasteiger partial charge on any atom is -0.481 e. The lowest BCUT2D eigenvalue weighted by molar-refractivity contribution is -0.123. The van der Waals surface area contributed by atoms with Gasteiger partial charge in [-0.05, 0) is 24.8 Å². The third-order valence-electron chi connectivity index (χ3n) is 4.07. The second-order valence-corrected chi connectivity index (χ2v) is 7.99. The van der Waals surface area contributed by atoms with Gasteiger partial charge in [-0.2, -0.15) is 0 Å². The van der Waals surface area contributed by atoms with E-state index in [1.54, 1.807) is 19.4 Å². The van der Waals surface area contributed by atoms with Crippen molar-refractivity contribution in [3.63, 3.8) is 0 Å². The number of nitrogens with zero attached hydrogens (tertiary/aromatic N) is 1. The molecule has 0 radical (unpaired) electrons.